The molecule has 0 saturated carbocycles. The summed E-state index contributed by atoms with van der Waals surface area (Å²) in [6.45, 7) is 6.76. The lowest BCUT2D eigenvalue weighted by Gasteiger charge is -2.25. The van der Waals surface area contributed by atoms with Gasteiger partial charge in [0, 0.05) is 24.7 Å². The maximum atomic E-state index is 12.5. The molecule has 0 saturated heterocycles. The van der Waals surface area contributed by atoms with Gasteiger partial charge in [0.05, 0.1) is 11.7 Å². The van der Waals surface area contributed by atoms with Crippen LogP contribution in [0.2, 0.25) is 0 Å². The number of amides is 1. The van der Waals surface area contributed by atoms with Crippen LogP contribution in [-0.2, 0) is 13.5 Å². The van der Waals surface area contributed by atoms with Gasteiger partial charge in [-0.25, -0.2) is 0 Å². The summed E-state index contributed by atoms with van der Waals surface area (Å²) in [6.07, 6.45) is 0.818. The first-order chi connectivity index (χ1) is 10.4. The lowest BCUT2D eigenvalue weighted by atomic mass is 10.0. The van der Waals surface area contributed by atoms with Gasteiger partial charge in [-0.2, -0.15) is 5.10 Å². The molecule has 5 nitrogen and oxygen atoms in total. The molecule has 1 atom stereocenters. The summed E-state index contributed by atoms with van der Waals surface area (Å²) in [5.74, 6) is 1.05. The number of benzene rings is 1. The molecular formula is C17H22N4O. The molecule has 1 unspecified atom stereocenters. The standard InChI is InChI=1S/C17H22N4O/c1-10-5-11(2)7-13(6-10)17(22)19-14-8-15-12(3)20-21(4)16(15)18-9-14/h5-7,14,18H,8-9H2,1-4H3,(H,19,22). The fourth-order valence-corrected chi connectivity index (χ4v) is 3.18. The Bertz CT molecular complexity index is 712. The molecule has 1 aromatic heterocycles. The number of carbonyl (C=O) groups is 1. The molecule has 1 aliphatic heterocycles. The molecular weight excluding hydrogens is 276 g/mol. The molecule has 3 rings (SSSR count). The van der Waals surface area contributed by atoms with Gasteiger partial charge in [0.1, 0.15) is 5.82 Å². The monoisotopic (exact) mass is 298 g/mol. The SMILES string of the molecule is Cc1cc(C)cc(C(=O)NC2CNc3c(c(C)nn3C)C2)c1. The van der Waals surface area contributed by atoms with Crippen LogP contribution in [0.3, 0.4) is 0 Å². The highest BCUT2D eigenvalue weighted by Gasteiger charge is 2.25. The summed E-state index contributed by atoms with van der Waals surface area (Å²) in [5.41, 5.74) is 5.16. The Kier molecular flexibility index (Phi) is 3.64. The first-order valence-corrected chi connectivity index (χ1v) is 7.59. The van der Waals surface area contributed by atoms with Gasteiger partial charge in [-0.1, -0.05) is 17.2 Å². The van der Waals surface area contributed by atoms with Crippen molar-refractivity contribution >= 4 is 11.7 Å². The second kappa shape index (κ2) is 5.48. The zero-order valence-corrected chi connectivity index (χ0v) is 13.5. The third kappa shape index (κ3) is 2.71. The number of anilines is 1. The number of fused-ring (bicyclic) bond motifs is 1. The highest BCUT2D eigenvalue weighted by molar-refractivity contribution is 5.94. The van der Waals surface area contributed by atoms with Crippen LogP contribution in [0.1, 0.15) is 32.7 Å². The van der Waals surface area contributed by atoms with Gasteiger partial charge in [-0.3, -0.25) is 9.48 Å². The predicted molar refractivity (Wildman–Crippen MR) is 87.3 cm³/mol. The van der Waals surface area contributed by atoms with E-state index in [1.165, 1.54) is 5.56 Å². The number of rotatable bonds is 2. The Labute approximate surface area is 130 Å². The van der Waals surface area contributed by atoms with Crippen molar-refractivity contribution in [2.75, 3.05) is 11.9 Å². The highest BCUT2D eigenvalue weighted by Crippen LogP contribution is 2.24. The summed E-state index contributed by atoms with van der Waals surface area (Å²) in [5, 5.41) is 10.9. The molecule has 2 aromatic rings. The van der Waals surface area contributed by atoms with Crippen molar-refractivity contribution < 1.29 is 4.79 Å². The minimum atomic E-state index is -0.0106. The van der Waals surface area contributed by atoms with E-state index in [4.69, 9.17) is 0 Å². The van der Waals surface area contributed by atoms with Crippen molar-refractivity contribution in [3.63, 3.8) is 0 Å². The van der Waals surface area contributed by atoms with Crippen molar-refractivity contribution in [1.82, 2.24) is 15.1 Å². The van der Waals surface area contributed by atoms with E-state index in [0.29, 0.717) is 0 Å². The minimum absolute atomic E-state index is 0.0106. The van der Waals surface area contributed by atoms with Gasteiger partial charge in [0.15, 0.2) is 0 Å². The van der Waals surface area contributed by atoms with E-state index in [0.717, 1.165) is 41.2 Å². The van der Waals surface area contributed by atoms with Crippen LogP contribution < -0.4 is 10.6 Å². The predicted octanol–water partition coefficient (Wildman–Crippen LogP) is 2.11. The first-order valence-electron chi connectivity index (χ1n) is 7.59. The number of nitrogens with zero attached hydrogens (tertiary/aromatic N) is 2. The summed E-state index contributed by atoms with van der Waals surface area (Å²) in [4.78, 5) is 12.5. The average Bonchev–Trinajstić information content (AvgIpc) is 2.72. The van der Waals surface area contributed by atoms with Gasteiger partial charge in [-0.05, 0) is 39.3 Å². The number of hydrogen-bond acceptors (Lipinski definition) is 3. The van der Waals surface area contributed by atoms with Crippen molar-refractivity contribution in [3.8, 4) is 0 Å². The number of nitrogens with one attached hydrogen (secondary N) is 2. The molecule has 2 N–H and O–H groups in total. The van der Waals surface area contributed by atoms with Crippen LogP contribution >= 0.6 is 0 Å². The van der Waals surface area contributed by atoms with E-state index < -0.39 is 0 Å². The van der Waals surface area contributed by atoms with Crippen LogP contribution in [0.4, 0.5) is 5.82 Å². The molecule has 0 radical (unpaired) electrons. The molecule has 2 heterocycles. The largest absolute Gasteiger partial charge is 0.368 e. The smallest absolute Gasteiger partial charge is 0.251 e. The molecule has 1 amide bonds. The minimum Gasteiger partial charge on any atom is -0.368 e. The maximum Gasteiger partial charge on any atom is 0.251 e. The lowest BCUT2D eigenvalue weighted by molar-refractivity contribution is 0.0938. The number of carbonyl (C=O) groups excluding carboxylic acids is 1. The fraction of sp³-hybridized carbons (Fsp3) is 0.412. The zero-order chi connectivity index (χ0) is 15.9. The van der Waals surface area contributed by atoms with E-state index in [1.54, 1.807) is 0 Å². The molecule has 5 heteroatoms. The van der Waals surface area contributed by atoms with Crippen molar-refractivity contribution in [2.24, 2.45) is 7.05 Å². The quantitative estimate of drug-likeness (QED) is 0.893. The summed E-state index contributed by atoms with van der Waals surface area (Å²) in [6, 6.07) is 6.02. The Hall–Kier alpha value is -2.30. The highest BCUT2D eigenvalue weighted by atomic mass is 16.1. The van der Waals surface area contributed by atoms with E-state index in [-0.39, 0.29) is 11.9 Å². The van der Waals surface area contributed by atoms with Gasteiger partial charge < -0.3 is 10.6 Å². The summed E-state index contributed by atoms with van der Waals surface area (Å²) >= 11 is 0. The first kappa shape index (κ1) is 14.6. The average molecular weight is 298 g/mol. The molecule has 0 fully saturated rings. The van der Waals surface area contributed by atoms with Crippen molar-refractivity contribution in [1.29, 1.82) is 0 Å². The number of hydrogen-bond donors (Lipinski definition) is 2. The zero-order valence-electron chi connectivity index (χ0n) is 13.5. The van der Waals surface area contributed by atoms with Gasteiger partial charge in [0.25, 0.3) is 5.91 Å². The second-order valence-electron chi connectivity index (χ2n) is 6.17. The lowest BCUT2D eigenvalue weighted by Crippen LogP contribution is -2.43. The Morgan fingerprint density at radius 2 is 1.95 bits per heavy atom. The van der Waals surface area contributed by atoms with E-state index in [9.17, 15) is 4.79 Å². The maximum absolute atomic E-state index is 12.5. The van der Waals surface area contributed by atoms with E-state index in [1.807, 2.05) is 44.6 Å². The normalized spacial score (nSPS) is 16.8. The third-order valence-corrected chi connectivity index (χ3v) is 4.13. The second-order valence-corrected chi connectivity index (χ2v) is 6.17. The van der Waals surface area contributed by atoms with E-state index in [2.05, 4.69) is 21.8 Å². The van der Waals surface area contributed by atoms with Crippen LogP contribution in [0, 0.1) is 20.8 Å². The van der Waals surface area contributed by atoms with Crippen LogP contribution in [-0.4, -0.2) is 28.3 Å². The summed E-state index contributed by atoms with van der Waals surface area (Å²) in [7, 11) is 1.94. The molecule has 0 bridgehead atoms. The number of aromatic nitrogens is 2. The Morgan fingerprint density at radius 1 is 1.27 bits per heavy atom. The van der Waals surface area contributed by atoms with Crippen LogP contribution in [0.5, 0.6) is 0 Å². The topological polar surface area (TPSA) is 59.0 Å². The molecule has 1 aromatic carbocycles. The van der Waals surface area contributed by atoms with Crippen LogP contribution in [0.15, 0.2) is 18.2 Å². The molecule has 116 valence electrons. The van der Waals surface area contributed by atoms with Gasteiger partial charge in [0.2, 0.25) is 0 Å². The molecule has 0 spiro atoms. The van der Waals surface area contributed by atoms with Gasteiger partial charge in [-0.15, -0.1) is 0 Å². The number of aryl methyl sites for hydroxylation is 4. The Morgan fingerprint density at radius 3 is 2.64 bits per heavy atom. The van der Waals surface area contributed by atoms with Crippen LogP contribution in [0.25, 0.3) is 0 Å². The fourth-order valence-electron chi connectivity index (χ4n) is 3.18. The summed E-state index contributed by atoms with van der Waals surface area (Å²) < 4.78 is 1.87. The van der Waals surface area contributed by atoms with Gasteiger partial charge >= 0.3 is 0 Å². The van der Waals surface area contributed by atoms with Crippen molar-refractivity contribution in [3.05, 3.63) is 46.1 Å². The molecule has 0 aliphatic carbocycles. The molecule has 22 heavy (non-hydrogen) atoms. The Balaban J connectivity index is 1.74. The van der Waals surface area contributed by atoms with Crippen molar-refractivity contribution in [2.45, 2.75) is 33.2 Å². The third-order valence-electron chi connectivity index (χ3n) is 4.13. The molecule has 1 aliphatic rings. The van der Waals surface area contributed by atoms with E-state index >= 15 is 0 Å².